The third-order valence-corrected chi connectivity index (χ3v) is 0.344. The Bertz CT molecular complexity index is 93.1. The molecular formula is C4H7N3. The molecule has 0 unspecified atom stereocenters. The van der Waals surface area contributed by atoms with Crippen LogP contribution < -0.4 is 5.73 Å². The predicted octanol–water partition coefficient (Wildman–Crippen LogP) is 0.145. The van der Waals surface area contributed by atoms with Gasteiger partial charge in [-0.1, -0.05) is 0 Å². The van der Waals surface area contributed by atoms with Gasteiger partial charge in [0.15, 0.2) is 0 Å². The van der Waals surface area contributed by atoms with Crippen molar-refractivity contribution in [2.24, 2.45) is 15.7 Å². The van der Waals surface area contributed by atoms with E-state index in [0.717, 1.165) is 0 Å². The van der Waals surface area contributed by atoms with Gasteiger partial charge in [0, 0.05) is 12.4 Å². The molecule has 0 rings (SSSR count). The lowest BCUT2D eigenvalue weighted by Gasteiger charge is -1.67. The lowest BCUT2D eigenvalue weighted by molar-refractivity contribution is 1.48. The van der Waals surface area contributed by atoms with Gasteiger partial charge in [-0.25, -0.2) is 4.99 Å². The zero-order chi connectivity index (χ0) is 5.54. The Kier molecular flexibility index (Phi) is 4.10. The second-order valence-corrected chi connectivity index (χ2v) is 0.779. The molecule has 0 aliphatic rings. The van der Waals surface area contributed by atoms with Crippen molar-refractivity contribution in [3.05, 3.63) is 12.4 Å². The first-order chi connectivity index (χ1) is 3.41. The topological polar surface area (TPSA) is 50.7 Å². The highest BCUT2D eigenvalue weighted by molar-refractivity contribution is 5.52. The fraction of sp³-hybridized carbons (Fsp3) is 0. The van der Waals surface area contributed by atoms with Gasteiger partial charge >= 0.3 is 0 Å². The largest absolute Gasteiger partial charge is 0.390 e. The van der Waals surface area contributed by atoms with E-state index in [4.69, 9.17) is 5.73 Å². The molecule has 0 saturated carbocycles. The molecule has 0 atom stereocenters. The summed E-state index contributed by atoms with van der Waals surface area (Å²) in [6.07, 6.45) is 4.08. The van der Waals surface area contributed by atoms with Gasteiger partial charge < -0.3 is 5.73 Å². The van der Waals surface area contributed by atoms with Crippen molar-refractivity contribution in [1.29, 1.82) is 0 Å². The van der Waals surface area contributed by atoms with Crippen LogP contribution in [0.3, 0.4) is 0 Å². The van der Waals surface area contributed by atoms with Crippen molar-refractivity contribution in [1.82, 2.24) is 0 Å². The van der Waals surface area contributed by atoms with E-state index in [0.29, 0.717) is 0 Å². The molecule has 0 aromatic carbocycles. The van der Waals surface area contributed by atoms with E-state index in [9.17, 15) is 0 Å². The molecule has 0 aliphatic carbocycles. The van der Waals surface area contributed by atoms with E-state index in [2.05, 4.69) is 16.7 Å². The molecule has 0 spiro atoms. The zero-order valence-corrected chi connectivity index (χ0v) is 3.91. The highest BCUT2D eigenvalue weighted by atomic mass is 14.8. The molecule has 3 heteroatoms. The van der Waals surface area contributed by atoms with Gasteiger partial charge in [0.2, 0.25) is 0 Å². The Morgan fingerprint density at radius 1 is 1.43 bits per heavy atom. The molecule has 0 radical (unpaired) electrons. The molecule has 2 N–H and O–H groups in total. The van der Waals surface area contributed by atoms with E-state index in [-0.39, 0.29) is 0 Å². The fourth-order valence-electron chi connectivity index (χ4n) is 0.135. The molecule has 7 heavy (non-hydrogen) atoms. The summed E-state index contributed by atoms with van der Waals surface area (Å²) in [5.74, 6) is 0. The normalized spacial score (nSPS) is 10.9. The first kappa shape index (κ1) is 5.88. The summed E-state index contributed by atoms with van der Waals surface area (Å²) in [4.78, 5) is 6.87. The van der Waals surface area contributed by atoms with Gasteiger partial charge in [0.05, 0.1) is 6.34 Å². The maximum Gasteiger partial charge on any atom is 0.0853 e. The van der Waals surface area contributed by atoms with Crippen LogP contribution in [0.1, 0.15) is 0 Å². The molecule has 38 valence electrons. The van der Waals surface area contributed by atoms with Crippen molar-refractivity contribution < 1.29 is 0 Å². The van der Waals surface area contributed by atoms with E-state index in [1.54, 1.807) is 0 Å². The Hall–Kier alpha value is -1.12. The van der Waals surface area contributed by atoms with Crippen LogP contribution in [0.5, 0.6) is 0 Å². The van der Waals surface area contributed by atoms with Crippen molar-refractivity contribution >= 4 is 13.1 Å². The Morgan fingerprint density at radius 2 is 2.14 bits per heavy atom. The quantitative estimate of drug-likeness (QED) is 0.387. The number of aliphatic imine (C=N–C) groups is 2. The third-order valence-electron chi connectivity index (χ3n) is 0.344. The van der Waals surface area contributed by atoms with Crippen LogP contribution in [0.2, 0.25) is 0 Å². The predicted molar refractivity (Wildman–Crippen MR) is 31.4 cm³/mol. The minimum Gasteiger partial charge on any atom is -0.390 e. The second-order valence-electron chi connectivity index (χ2n) is 0.779. The molecule has 0 fully saturated rings. The number of nitrogens with two attached hydrogens (primary N) is 1. The second kappa shape index (κ2) is 4.88. The highest BCUT2D eigenvalue weighted by Gasteiger charge is 1.52. The maximum atomic E-state index is 4.86. The van der Waals surface area contributed by atoms with E-state index >= 15 is 0 Å². The van der Waals surface area contributed by atoms with Gasteiger partial charge in [-0.3, -0.25) is 4.99 Å². The molecule has 0 aromatic heterocycles. The van der Waals surface area contributed by atoms with Crippen molar-refractivity contribution in [3.8, 4) is 0 Å². The van der Waals surface area contributed by atoms with E-state index in [1.807, 2.05) is 0 Å². The molecule has 0 aromatic rings. The number of rotatable bonds is 2. The molecule has 0 amide bonds. The first-order valence-corrected chi connectivity index (χ1v) is 1.76. The Balaban J connectivity index is 3.27. The number of nitrogens with zero attached hydrogens (tertiary/aromatic N) is 2. The molecular weight excluding hydrogens is 90.1 g/mol. The molecule has 0 saturated heterocycles. The highest BCUT2D eigenvalue weighted by Crippen LogP contribution is 1.69. The minimum absolute atomic E-state index is 1.18. The monoisotopic (exact) mass is 97.1 g/mol. The van der Waals surface area contributed by atoms with Gasteiger partial charge in [-0.15, -0.1) is 0 Å². The van der Waals surface area contributed by atoms with Crippen LogP contribution in [0.15, 0.2) is 22.4 Å². The van der Waals surface area contributed by atoms with Gasteiger partial charge in [0.1, 0.15) is 0 Å². The van der Waals surface area contributed by atoms with Crippen LogP contribution >= 0.6 is 0 Å². The fourth-order valence-corrected chi connectivity index (χ4v) is 0.135. The summed E-state index contributed by atoms with van der Waals surface area (Å²) in [5, 5.41) is 0. The average molecular weight is 97.1 g/mol. The summed E-state index contributed by atoms with van der Waals surface area (Å²) in [6.45, 7) is 3.18. The van der Waals surface area contributed by atoms with Gasteiger partial charge in [-0.2, -0.15) is 0 Å². The van der Waals surface area contributed by atoms with Crippen LogP contribution in [-0.2, 0) is 0 Å². The molecule has 3 nitrogen and oxygen atoms in total. The SMILES string of the molecule is C=N/C=C\N=CN. The standard InChI is InChI=1S/C4H7N3/c1-6-2-3-7-4-5/h2-4H,1H2,(H2,5,7)/b3-2-. The average Bonchev–Trinajstić information content (AvgIpc) is 1.69. The van der Waals surface area contributed by atoms with Crippen LogP contribution in [0, 0.1) is 0 Å². The number of hydrogen-bond donors (Lipinski definition) is 1. The molecule has 0 aliphatic heterocycles. The number of hydrogen-bond acceptors (Lipinski definition) is 2. The maximum absolute atomic E-state index is 4.86. The minimum atomic E-state index is 1.18. The first-order valence-electron chi connectivity index (χ1n) is 1.76. The zero-order valence-electron chi connectivity index (χ0n) is 3.91. The summed E-state index contributed by atoms with van der Waals surface area (Å²) in [6, 6.07) is 0. The van der Waals surface area contributed by atoms with Crippen molar-refractivity contribution in [2.45, 2.75) is 0 Å². The smallest absolute Gasteiger partial charge is 0.0853 e. The molecule has 0 bridgehead atoms. The summed E-state index contributed by atoms with van der Waals surface area (Å²) < 4.78 is 0. The van der Waals surface area contributed by atoms with E-state index < -0.39 is 0 Å². The molecule has 0 heterocycles. The summed E-state index contributed by atoms with van der Waals surface area (Å²) in [7, 11) is 0. The lowest BCUT2D eigenvalue weighted by atomic mass is 10.9. The lowest BCUT2D eigenvalue weighted by Crippen LogP contribution is -1.84. The van der Waals surface area contributed by atoms with Crippen LogP contribution in [-0.4, -0.2) is 13.1 Å². The van der Waals surface area contributed by atoms with Crippen LogP contribution in [0.4, 0.5) is 0 Å². The Morgan fingerprint density at radius 3 is 2.57 bits per heavy atom. The van der Waals surface area contributed by atoms with Crippen LogP contribution in [0.25, 0.3) is 0 Å². The summed E-state index contributed by atoms with van der Waals surface area (Å²) >= 11 is 0. The van der Waals surface area contributed by atoms with Crippen molar-refractivity contribution in [2.75, 3.05) is 0 Å². The van der Waals surface area contributed by atoms with E-state index in [1.165, 1.54) is 18.7 Å². The Labute approximate surface area is 42.3 Å². The van der Waals surface area contributed by atoms with Gasteiger partial charge in [-0.05, 0) is 6.72 Å². The third kappa shape index (κ3) is 4.88. The summed E-state index contributed by atoms with van der Waals surface area (Å²) in [5.41, 5.74) is 4.86. The van der Waals surface area contributed by atoms with Gasteiger partial charge in [0.25, 0.3) is 0 Å². The van der Waals surface area contributed by atoms with Crippen molar-refractivity contribution in [3.63, 3.8) is 0 Å².